The lowest BCUT2D eigenvalue weighted by molar-refractivity contribution is 0.0986. The Kier molecular flexibility index (Phi) is 3.90. The first-order valence-corrected chi connectivity index (χ1v) is 7.28. The number of aromatic nitrogens is 2. The lowest BCUT2D eigenvalue weighted by Crippen LogP contribution is -2.07. The molecule has 0 amide bonds. The van der Waals surface area contributed by atoms with Gasteiger partial charge in [0.05, 0.1) is 16.9 Å². The fourth-order valence-corrected chi connectivity index (χ4v) is 2.88. The maximum absolute atomic E-state index is 12.1. The second-order valence-electron chi connectivity index (χ2n) is 5.87. The van der Waals surface area contributed by atoms with Gasteiger partial charge in [0.25, 0.3) is 0 Å². The minimum atomic E-state index is 0.115. The zero-order valence-corrected chi connectivity index (χ0v) is 12.8. The Morgan fingerprint density at radius 2 is 2.11 bits per heavy atom. The van der Waals surface area contributed by atoms with Crippen LogP contribution in [0.3, 0.4) is 0 Å². The fourth-order valence-electron chi connectivity index (χ4n) is 1.85. The predicted molar refractivity (Wildman–Crippen MR) is 78.9 cm³/mol. The summed E-state index contributed by atoms with van der Waals surface area (Å²) in [7, 11) is 1.94. The molecule has 0 aromatic carbocycles. The molecule has 2 rings (SSSR count). The molecule has 0 aliphatic rings. The molecule has 3 nitrogen and oxygen atoms in total. The van der Waals surface area contributed by atoms with E-state index in [4.69, 9.17) is 0 Å². The van der Waals surface area contributed by atoms with E-state index in [1.807, 2.05) is 23.9 Å². The van der Waals surface area contributed by atoms with Gasteiger partial charge in [-0.2, -0.15) is 0 Å². The van der Waals surface area contributed by atoms with Gasteiger partial charge in [-0.3, -0.25) is 4.79 Å². The number of rotatable bonds is 4. The largest absolute Gasteiger partial charge is 0.340 e. The summed E-state index contributed by atoms with van der Waals surface area (Å²) in [5.74, 6) is 0.214. The van der Waals surface area contributed by atoms with Crippen LogP contribution in [0.25, 0.3) is 0 Å². The molecule has 0 saturated carbocycles. The summed E-state index contributed by atoms with van der Waals surface area (Å²) < 4.78 is 1.91. The van der Waals surface area contributed by atoms with E-state index in [1.165, 1.54) is 4.88 Å². The monoisotopic (exact) mass is 276 g/mol. The third-order valence-corrected chi connectivity index (χ3v) is 4.54. The maximum atomic E-state index is 12.1. The van der Waals surface area contributed by atoms with Crippen LogP contribution >= 0.6 is 11.3 Å². The Morgan fingerprint density at radius 3 is 2.63 bits per heavy atom. The number of ketones is 1. The summed E-state index contributed by atoms with van der Waals surface area (Å²) in [5, 5.41) is 0. The van der Waals surface area contributed by atoms with Crippen LogP contribution in [0.5, 0.6) is 0 Å². The van der Waals surface area contributed by atoms with Gasteiger partial charge in [0.2, 0.25) is 0 Å². The second-order valence-corrected chi connectivity index (χ2v) is 6.95. The zero-order valence-electron chi connectivity index (χ0n) is 11.9. The Balaban J connectivity index is 1.98. The topological polar surface area (TPSA) is 34.9 Å². The molecule has 0 saturated heterocycles. The Bertz CT molecular complexity index is 575. The van der Waals surface area contributed by atoms with Crippen LogP contribution in [-0.4, -0.2) is 15.3 Å². The Hall–Kier alpha value is -1.42. The van der Waals surface area contributed by atoms with Crippen LogP contribution in [0.15, 0.2) is 24.7 Å². The highest BCUT2D eigenvalue weighted by molar-refractivity contribution is 7.14. The maximum Gasteiger partial charge on any atom is 0.173 e. The standard InChI is InChI=1S/C15H20N2OS/c1-15(2,3)14-8-7-13(19-14)12(18)6-5-11-9-17(4)10-16-11/h7-10H,5-6H2,1-4H3. The second kappa shape index (κ2) is 5.29. The number of imidazole rings is 1. The van der Waals surface area contributed by atoms with Crippen molar-refractivity contribution in [3.63, 3.8) is 0 Å². The van der Waals surface area contributed by atoms with E-state index in [9.17, 15) is 4.79 Å². The van der Waals surface area contributed by atoms with Crippen molar-refractivity contribution in [2.45, 2.75) is 39.0 Å². The van der Waals surface area contributed by atoms with Gasteiger partial charge >= 0.3 is 0 Å². The summed E-state index contributed by atoms with van der Waals surface area (Å²) in [6.07, 6.45) is 4.97. The van der Waals surface area contributed by atoms with Crippen LogP contribution in [0.1, 0.15) is 47.4 Å². The summed E-state index contributed by atoms with van der Waals surface area (Å²) in [4.78, 5) is 18.5. The van der Waals surface area contributed by atoms with Crippen LogP contribution in [0, 0.1) is 0 Å². The van der Waals surface area contributed by atoms with Crippen molar-refractivity contribution in [2.24, 2.45) is 7.05 Å². The molecular weight excluding hydrogens is 256 g/mol. The molecule has 2 aromatic rings. The van der Waals surface area contributed by atoms with Crippen molar-refractivity contribution in [1.29, 1.82) is 0 Å². The molecule has 0 N–H and O–H groups in total. The third kappa shape index (κ3) is 3.53. The van der Waals surface area contributed by atoms with Crippen molar-refractivity contribution in [3.8, 4) is 0 Å². The summed E-state index contributed by atoms with van der Waals surface area (Å²) in [6.45, 7) is 6.50. The average Bonchev–Trinajstić information content (AvgIpc) is 2.93. The van der Waals surface area contributed by atoms with E-state index in [0.717, 1.165) is 10.6 Å². The van der Waals surface area contributed by atoms with E-state index in [2.05, 4.69) is 31.8 Å². The fraction of sp³-hybridized carbons (Fsp3) is 0.467. The molecule has 19 heavy (non-hydrogen) atoms. The van der Waals surface area contributed by atoms with E-state index in [-0.39, 0.29) is 11.2 Å². The number of aryl methyl sites for hydroxylation is 2. The first-order chi connectivity index (χ1) is 8.86. The zero-order chi connectivity index (χ0) is 14.0. The SMILES string of the molecule is Cn1cnc(CCC(=O)c2ccc(C(C)(C)C)s2)c1. The van der Waals surface area contributed by atoms with E-state index in [1.54, 1.807) is 17.7 Å². The normalized spacial score (nSPS) is 11.8. The third-order valence-electron chi connectivity index (χ3n) is 2.99. The molecule has 0 atom stereocenters. The number of nitrogens with zero attached hydrogens (tertiary/aromatic N) is 2. The first-order valence-electron chi connectivity index (χ1n) is 6.46. The molecule has 0 radical (unpaired) electrons. The quantitative estimate of drug-likeness (QED) is 0.800. The number of hydrogen-bond acceptors (Lipinski definition) is 3. The van der Waals surface area contributed by atoms with Crippen LogP contribution in [-0.2, 0) is 18.9 Å². The number of carbonyl (C=O) groups excluding carboxylic acids is 1. The first kappa shape index (κ1) is 14.0. The van der Waals surface area contributed by atoms with Gasteiger partial charge < -0.3 is 4.57 Å². The molecule has 0 aliphatic carbocycles. The van der Waals surface area contributed by atoms with Gasteiger partial charge in [-0.25, -0.2) is 4.98 Å². The van der Waals surface area contributed by atoms with Crippen molar-refractivity contribution in [2.75, 3.05) is 0 Å². The lowest BCUT2D eigenvalue weighted by atomic mass is 9.95. The Morgan fingerprint density at radius 1 is 1.37 bits per heavy atom. The Labute approximate surface area is 118 Å². The minimum Gasteiger partial charge on any atom is -0.340 e. The minimum absolute atomic E-state index is 0.115. The highest BCUT2D eigenvalue weighted by Gasteiger charge is 2.18. The number of hydrogen-bond donors (Lipinski definition) is 0. The van der Waals surface area contributed by atoms with Crippen LogP contribution in [0.2, 0.25) is 0 Å². The molecule has 0 aliphatic heterocycles. The van der Waals surface area contributed by atoms with Crippen LogP contribution in [0.4, 0.5) is 0 Å². The molecular formula is C15H20N2OS. The van der Waals surface area contributed by atoms with Gasteiger partial charge in [0, 0.05) is 24.5 Å². The van der Waals surface area contributed by atoms with E-state index in [0.29, 0.717) is 12.8 Å². The summed E-state index contributed by atoms with van der Waals surface area (Å²) in [6, 6.07) is 4.02. The highest BCUT2D eigenvalue weighted by Crippen LogP contribution is 2.30. The molecule has 4 heteroatoms. The smallest absolute Gasteiger partial charge is 0.173 e. The highest BCUT2D eigenvalue weighted by atomic mass is 32.1. The molecule has 2 aromatic heterocycles. The molecule has 0 bridgehead atoms. The molecule has 0 fully saturated rings. The van der Waals surface area contributed by atoms with Gasteiger partial charge in [-0.05, 0) is 24.0 Å². The number of carbonyl (C=O) groups is 1. The summed E-state index contributed by atoms with van der Waals surface area (Å²) >= 11 is 1.61. The van der Waals surface area contributed by atoms with Crippen molar-refractivity contribution >= 4 is 17.1 Å². The van der Waals surface area contributed by atoms with Crippen molar-refractivity contribution < 1.29 is 4.79 Å². The predicted octanol–water partition coefficient (Wildman–Crippen LogP) is 3.59. The van der Waals surface area contributed by atoms with E-state index < -0.39 is 0 Å². The molecule has 0 spiro atoms. The molecule has 2 heterocycles. The molecule has 0 unspecified atom stereocenters. The van der Waals surface area contributed by atoms with Gasteiger partial charge in [-0.1, -0.05) is 20.8 Å². The lowest BCUT2D eigenvalue weighted by Gasteiger charge is -2.15. The number of thiophene rings is 1. The van der Waals surface area contributed by atoms with E-state index >= 15 is 0 Å². The average molecular weight is 276 g/mol. The van der Waals surface area contributed by atoms with Gasteiger partial charge in [0.1, 0.15) is 0 Å². The van der Waals surface area contributed by atoms with Crippen LogP contribution < -0.4 is 0 Å². The van der Waals surface area contributed by atoms with Crippen molar-refractivity contribution in [1.82, 2.24) is 9.55 Å². The molecule has 102 valence electrons. The van der Waals surface area contributed by atoms with Gasteiger partial charge in [-0.15, -0.1) is 11.3 Å². The van der Waals surface area contributed by atoms with Gasteiger partial charge in [0.15, 0.2) is 5.78 Å². The number of Topliss-reactive ketones (excluding diaryl/α,β-unsaturated/α-hetero) is 1. The summed E-state index contributed by atoms with van der Waals surface area (Å²) in [5.41, 5.74) is 1.09. The van der Waals surface area contributed by atoms with Crippen molar-refractivity contribution in [3.05, 3.63) is 40.1 Å².